The van der Waals surface area contributed by atoms with Gasteiger partial charge in [-0.3, -0.25) is 9.89 Å². The van der Waals surface area contributed by atoms with E-state index in [0.29, 0.717) is 11.8 Å². The van der Waals surface area contributed by atoms with Gasteiger partial charge in [0.15, 0.2) is 5.96 Å². The summed E-state index contributed by atoms with van der Waals surface area (Å²) in [6.45, 7) is 12.6. The number of phenolic OH excluding ortho intramolecular Hbond substituents is 1. The maximum absolute atomic E-state index is 9.55. The molecule has 1 atom stereocenters. The third kappa shape index (κ3) is 5.13. The first-order valence-corrected chi connectivity index (χ1v) is 9.23. The SMILES string of the molecule is CCNC(=NCCc1cccc(O)c1)N1CCC(N(CC)CC)C1. The third-order valence-electron chi connectivity index (χ3n) is 4.70. The standard InChI is InChI=1S/C19H32N4O/c1-4-20-19(21-12-10-16-8-7-9-18(24)14-16)23-13-11-17(15-23)22(5-2)6-3/h7-9,14,17,24H,4-6,10-13,15H2,1-3H3,(H,20,21). The average molecular weight is 332 g/mol. The van der Waals surface area contributed by atoms with Gasteiger partial charge in [-0.2, -0.15) is 0 Å². The molecule has 0 spiro atoms. The van der Waals surface area contributed by atoms with Gasteiger partial charge in [-0.1, -0.05) is 26.0 Å². The topological polar surface area (TPSA) is 51.1 Å². The Morgan fingerprint density at radius 3 is 2.79 bits per heavy atom. The van der Waals surface area contributed by atoms with Crippen LogP contribution in [0.2, 0.25) is 0 Å². The Labute approximate surface area is 146 Å². The highest BCUT2D eigenvalue weighted by molar-refractivity contribution is 5.80. The molecule has 5 nitrogen and oxygen atoms in total. The van der Waals surface area contributed by atoms with E-state index in [2.05, 4.69) is 35.9 Å². The molecule has 1 aromatic carbocycles. The molecule has 5 heteroatoms. The molecule has 1 unspecified atom stereocenters. The van der Waals surface area contributed by atoms with Crippen LogP contribution in [0.3, 0.4) is 0 Å². The molecule has 1 aliphatic heterocycles. The molecule has 24 heavy (non-hydrogen) atoms. The van der Waals surface area contributed by atoms with Crippen LogP contribution in [-0.2, 0) is 6.42 Å². The lowest BCUT2D eigenvalue weighted by Crippen LogP contribution is -2.43. The summed E-state index contributed by atoms with van der Waals surface area (Å²) in [6.07, 6.45) is 2.05. The zero-order chi connectivity index (χ0) is 17.4. The minimum absolute atomic E-state index is 0.324. The van der Waals surface area contributed by atoms with E-state index in [0.717, 1.165) is 57.2 Å². The molecular formula is C19H32N4O. The molecule has 1 aromatic rings. The largest absolute Gasteiger partial charge is 0.508 e. The van der Waals surface area contributed by atoms with Crippen molar-refractivity contribution in [2.24, 2.45) is 4.99 Å². The third-order valence-corrected chi connectivity index (χ3v) is 4.70. The van der Waals surface area contributed by atoms with Crippen LogP contribution >= 0.6 is 0 Å². The van der Waals surface area contributed by atoms with Gasteiger partial charge in [-0.05, 0) is 50.6 Å². The number of hydrogen-bond acceptors (Lipinski definition) is 3. The number of phenols is 1. The number of likely N-dealkylation sites (N-methyl/N-ethyl adjacent to an activating group) is 1. The Hall–Kier alpha value is -1.75. The Morgan fingerprint density at radius 2 is 2.12 bits per heavy atom. The predicted molar refractivity (Wildman–Crippen MR) is 101 cm³/mol. The number of nitrogens with one attached hydrogen (secondary N) is 1. The molecular weight excluding hydrogens is 300 g/mol. The summed E-state index contributed by atoms with van der Waals surface area (Å²) in [6, 6.07) is 8.07. The molecule has 0 aromatic heterocycles. The lowest BCUT2D eigenvalue weighted by molar-refractivity contribution is 0.223. The van der Waals surface area contributed by atoms with E-state index < -0.39 is 0 Å². The Morgan fingerprint density at radius 1 is 1.33 bits per heavy atom. The zero-order valence-corrected chi connectivity index (χ0v) is 15.3. The summed E-state index contributed by atoms with van der Waals surface area (Å²) in [5.41, 5.74) is 1.12. The van der Waals surface area contributed by atoms with Crippen molar-refractivity contribution in [1.29, 1.82) is 0 Å². The van der Waals surface area contributed by atoms with E-state index in [1.807, 2.05) is 18.2 Å². The normalized spacial score (nSPS) is 18.4. The number of rotatable bonds is 7. The first-order chi connectivity index (χ1) is 11.7. The monoisotopic (exact) mass is 332 g/mol. The first kappa shape index (κ1) is 18.6. The highest BCUT2D eigenvalue weighted by atomic mass is 16.3. The highest BCUT2D eigenvalue weighted by Crippen LogP contribution is 2.16. The van der Waals surface area contributed by atoms with E-state index in [9.17, 15) is 5.11 Å². The van der Waals surface area contributed by atoms with Crippen LogP contribution in [-0.4, -0.2) is 66.2 Å². The fourth-order valence-electron chi connectivity index (χ4n) is 3.40. The second kappa shape index (κ2) is 9.52. The van der Waals surface area contributed by atoms with Gasteiger partial charge in [-0.15, -0.1) is 0 Å². The summed E-state index contributed by atoms with van der Waals surface area (Å²) < 4.78 is 0. The molecule has 134 valence electrons. The van der Waals surface area contributed by atoms with E-state index >= 15 is 0 Å². The fraction of sp³-hybridized carbons (Fsp3) is 0.632. The summed E-state index contributed by atoms with van der Waals surface area (Å²) in [5, 5.41) is 13.0. The van der Waals surface area contributed by atoms with Crippen LogP contribution < -0.4 is 5.32 Å². The quantitative estimate of drug-likeness (QED) is 0.594. The van der Waals surface area contributed by atoms with Crippen molar-refractivity contribution in [3.63, 3.8) is 0 Å². The molecule has 0 saturated carbocycles. The summed E-state index contributed by atoms with van der Waals surface area (Å²) >= 11 is 0. The lowest BCUT2D eigenvalue weighted by atomic mass is 10.1. The Bertz CT molecular complexity index is 528. The van der Waals surface area contributed by atoms with Gasteiger partial charge in [0.25, 0.3) is 0 Å². The van der Waals surface area contributed by atoms with Gasteiger partial charge in [0.2, 0.25) is 0 Å². The molecule has 2 N–H and O–H groups in total. The number of aliphatic imine (C=N–C) groups is 1. The number of aromatic hydroxyl groups is 1. The van der Waals surface area contributed by atoms with Crippen molar-refractivity contribution in [1.82, 2.24) is 15.1 Å². The van der Waals surface area contributed by atoms with Gasteiger partial charge in [0, 0.05) is 32.2 Å². The van der Waals surface area contributed by atoms with Crippen LogP contribution in [0.15, 0.2) is 29.3 Å². The molecule has 0 aliphatic carbocycles. The van der Waals surface area contributed by atoms with Crippen molar-refractivity contribution in [3.05, 3.63) is 29.8 Å². The summed E-state index contributed by atoms with van der Waals surface area (Å²) in [4.78, 5) is 9.72. The van der Waals surface area contributed by atoms with Crippen molar-refractivity contribution < 1.29 is 5.11 Å². The smallest absolute Gasteiger partial charge is 0.193 e. The van der Waals surface area contributed by atoms with E-state index in [-0.39, 0.29) is 0 Å². The molecule has 0 radical (unpaired) electrons. The van der Waals surface area contributed by atoms with Crippen molar-refractivity contribution in [2.45, 2.75) is 39.7 Å². The number of guanidine groups is 1. The molecule has 0 amide bonds. The highest BCUT2D eigenvalue weighted by Gasteiger charge is 2.27. The molecule has 2 rings (SSSR count). The maximum Gasteiger partial charge on any atom is 0.193 e. The van der Waals surface area contributed by atoms with E-state index in [1.165, 1.54) is 6.42 Å². The predicted octanol–water partition coefficient (Wildman–Crippen LogP) is 2.32. The Balaban J connectivity index is 1.93. The van der Waals surface area contributed by atoms with Crippen LogP contribution in [0, 0.1) is 0 Å². The summed E-state index contributed by atoms with van der Waals surface area (Å²) in [7, 11) is 0. The fourth-order valence-corrected chi connectivity index (χ4v) is 3.40. The summed E-state index contributed by atoms with van der Waals surface area (Å²) in [5.74, 6) is 1.34. The van der Waals surface area contributed by atoms with Gasteiger partial charge >= 0.3 is 0 Å². The lowest BCUT2D eigenvalue weighted by Gasteiger charge is -2.27. The zero-order valence-electron chi connectivity index (χ0n) is 15.3. The van der Waals surface area contributed by atoms with Crippen molar-refractivity contribution in [3.8, 4) is 5.75 Å². The minimum Gasteiger partial charge on any atom is -0.508 e. The van der Waals surface area contributed by atoms with Crippen LogP contribution in [0.4, 0.5) is 0 Å². The first-order valence-electron chi connectivity index (χ1n) is 9.23. The van der Waals surface area contributed by atoms with Crippen molar-refractivity contribution in [2.75, 3.05) is 39.3 Å². The van der Waals surface area contributed by atoms with E-state index in [4.69, 9.17) is 4.99 Å². The molecule has 0 bridgehead atoms. The second-order valence-corrected chi connectivity index (χ2v) is 6.27. The average Bonchev–Trinajstić information content (AvgIpc) is 3.05. The maximum atomic E-state index is 9.55. The van der Waals surface area contributed by atoms with Crippen LogP contribution in [0.5, 0.6) is 5.75 Å². The van der Waals surface area contributed by atoms with E-state index in [1.54, 1.807) is 6.07 Å². The number of likely N-dealkylation sites (tertiary alicyclic amines) is 1. The van der Waals surface area contributed by atoms with Gasteiger partial charge in [-0.25, -0.2) is 0 Å². The van der Waals surface area contributed by atoms with Gasteiger partial charge < -0.3 is 15.3 Å². The molecule has 1 heterocycles. The van der Waals surface area contributed by atoms with Crippen LogP contribution in [0.1, 0.15) is 32.8 Å². The van der Waals surface area contributed by atoms with Gasteiger partial charge in [0.1, 0.15) is 5.75 Å². The van der Waals surface area contributed by atoms with Gasteiger partial charge in [0.05, 0.1) is 0 Å². The molecule has 1 saturated heterocycles. The minimum atomic E-state index is 0.324. The second-order valence-electron chi connectivity index (χ2n) is 6.27. The number of nitrogens with zero attached hydrogens (tertiary/aromatic N) is 3. The Kier molecular flexibility index (Phi) is 7.37. The van der Waals surface area contributed by atoms with Crippen molar-refractivity contribution >= 4 is 5.96 Å². The molecule has 1 aliphatic rings. The molecule has 1 fully saturated rings. The number of hydrogen-bond donors (Lipinski definition) is 2. The number of benzene rings is 1. The van der Waals surface area contributed by atoms with Crippen LogP contribution in [0.25, 0.3) is 0 Å².